The number of anilines is 2. The maximum atomic E-state index is 8.91. The summed E-state index contributed by atoms with van der Waals surface area (Å²) in [5.41, 5.74) is 12.0. The van der Waals surface area contributed by atoms with Gasteiger partial charge in [0.15, 0.2) is 5.82 Å². The molecule has 2 aromatic heterocycles. The van der Waals surface area contributed by atoms with Gasteiger partial charge in [-0.15, -0.1) is 0 Å². The lowest BCUT2D eigenvalue weighted by molar-refractivity contribution is -0.0174. The van der Waals surface area contributed by atoms with Crippen molar-refractivity contribution < 1.29 is 6.16 Å². The number of hydrogen-bond acceptors (Lipinski definition) is 7. The first kappa shape index (κ1) is 22.0. The zero-order chi connectivity index (χ0) is 23.0. The standard InChI is InChI=1S/C24H31N7O.H2/c1-6-18-13-31(12-14(2)32-18)23-10-22(30(5)29-23)24(26)19-9-17(7-8-20(19)25)21-11-27-15(3)16(4)28-21;/h7-11,14,18,26H,6,12-13,25H2,1-5H3;1H/t14?,18-;/m1./s1. The molecule has 3 N–H and O–H groups in total. The Morgan fingerprint density at radius 3 is 2.75 bits per heavy atom. The van der Waals surface area contributed by atoms with Crippen LogP contribution in [0.15, 0.2) is 30.5 Å². The molecule has 32 heavy (non-hydrogen) atoms. The quantitative estimate of drug-likeness (QED) is 0.467. The van der Waals surface area contributed by atoms with Crippen molar-refractivity contribution in [2.24, 2.45) is 7.05 Å². The number of nitrogens with zero attached hydrogens (tertiary/aromatic N) is 5. The summed E-state index contributed by atoms with van der Waals surface area (Å²) in [5.74, 6) is 0.857. The first-order valence-corrected chi connectivity index (χ1v) is 11.0. The van der Waals surface area contributed by atoms with E-state index in [4.69, 9.17) is 21.0 Å². The van der Waals surface area contributed by atoms with Gasteiger partial charge in [0.25, 0.3) is 0 Å². The fraction of sp³-hybridized carbons (Fsp3) is 0.417. The number of ether oxygens (including phenoxy) is 1. The average molecular weight is 436 g/mol. The molecule has 8 heteroatoms. The second kappa shape index (κ2) is 8.70. The van der Waals surface area contributed by atoms with Gasteiger partial charge in [0.2, 0.25) is 0 Å². The summed E-state index contributed by atoms with van der Waals surface area (Å²) in [6.45, 7) is 9.68. The van der Waals surface area contributed by atoms with Gasteiger partial charge >= 0.3 is 0 Å². The molecule has 1 aromatic carbocycles. The summed E-state index contributed by atoms with van der Waals surface area (Å²) in [4.78, 5) is 11.3. The van der Waals surface area contributed by atoms with E-state index in [0.29, 0.717) is 22.7 Å². The van der Waals surface area contributed by atoms with Crippen molar-refractivity contribution in [1.29, 1.82) is 5.41 Å². The van der Waals surface area contributed by atoms with Crippen LogP contribution in [0.4, 0.5) is 11.5 Å². The molecule has 8 nitrogen and oxygen atoms in total. The molecule has 2 atom stereocenters. The highest BCUT2D eigenvalue weighted by atomic mass is 16.5. The molecule has 1 aliphatic heterocycles. The summed E-state index contributed by atoms with van der Waals surface area (Å²) in [5, 5.41) is 13.6. The van der Waals surface area contributed by atoms with Crippen LogP contribution in [0.2, 0.25) is 0 Å². The number of aryl methyl sites for hydroxylation is 3. The van der Waals surface area contributed by atoms with E-state index in [1.165, 1.54) is 0 Å². The van der Waals surface area contributed by atoms with Crippen molar-refractivity contribution in [3.05, 3.63) is 53.1 Å². The lowest BCUT2D eigenvalue weighted by Crippen LogP contribution is -2.46. The van der Waals surface area contributed by atoms with Gasteiger partial charge in [-0.1, -0.05) is 13.0 Å². The van der Waals surface area contributed by atoms with Gasteiger partial charge in [0.1, 0.15) is 0 Å². The SMILES string of the molecule is CC[C@@H]1CN(c2cc(C(=N)c3cc(-c4cnc(C)c(C)n4)ccc3N)n(C)n2)CC(C)O1.[HH]. The van der Waals surface area contributed by atoms with Crippen LogP contribution in [0, 0.1) is 19.3 Å². The second-order valence-corrected chi connectivity index (χ2v) is 8.50. The Bertz CT molecular complexity index is 1160. The highest BCUT2D eigenvalue weighted by Gasteiger charge is 2.27. The number of nitrogen functional groups attached to an aromatic ring is 1. The van der Waals surface area contributed by atoms with Gasteiger partial charge < -0.3 is 15.4 Å². The topological polar surface area (TPSA) is 106 Å². The third-order valence-corrected chi connectivity index (χ3v) is 6.04. The van der Waals surface area contributed by atoms with Crippen LogP contribution in [0.3, 0.4) is 0 Å². The molecule has 0 aliphatic carbocycles. The van der Waals surface area contributed by atoms with E-state index in [1.54, 1.807) is 10.9 Å². The van der Waals surface area contributed by atoms with Crippen LogP contribution in [0.5, 0.6) is 0 Å². The minimum atomic E-state index is 0. The van der Waals surface area contributed by atoms with E-state index >= 15 is 0 Å². The molecule has 3 aromatic rings. The summed E-state index contributed by atoms with van der Waals surface area (Å²) >= 11 is 0. The molecule has 0 spiro atoms. The molecule has 0 bridgehead atoms. The van der Waals surface area contributed by atoms with Crippen LogP contribution in [0.25, 0.3) is 11.3 Å². The minimum absolute atomic E-state index is 0. The van der Waals surface area contributed by atoms with Crippen molar-refractivity contribution in [3.63, 3.8) is 0 Å². The summed E-state index contributed by atoms with van der Waals surface area (Å²) in [6.07, 6.45) is 3.05. The Morgan fingerprint density at radius 1 is 1.25 bits per heavy atom. The number of nitrogens with one attached hydrogen (secondary N) is 1. The van der Waals surface area contributed by atoms with Gasteiger partial charge in [0.05, 0.1) is 46.9 Å². The lowest BCUT2D eigenvalue weighted by Gasteiger charge is -2.36. The number of benzene rings is 1. The molecule has 1 aliphatic rings. The smallest absolute Gasteiger partial charge is 0.151 e. The molecule has 1 unspecified atom stereocenters. The summed E-state index contributed by atoms with van der Waals surface area (Å²) in [7, 11) is 1.86. The maximum absolute atomic E-state index is 8.91. The molecule has 4 rings (SSSR count). The molecule has 0 radical (unpaired) electrons. The first-order chi connectivity index (χ1) is 15.3. The van der Waals surface area contributed by atoms with E-state index in [0.717, 1.165) is 48.0 Å². The van der Waals surface area contributed by atoms with Crippen LogP contribution < -0.4 is 10.6 Å². The predicted molar refractivity (Wildman–Crippen MR) is 129 cm³/mol. The largest absolute Gasteiger partial charge is 0.398 e. The van der Waals surface area contributed by atoms with E-state index in [2.05, 4.69) is 28.7 Å². The average Bonchev–Trinajstić information content (AvgIpc) is 3.17. The van der Waals surface area contributed by atoms with Crippen LogP contribution >= 0.6 is 0 Å². The first-order valence-electron chi connectivity index (χ1n) is 11.0. The highest BCUT2D eigenvalue weighted by molar-refractivity contribution is 6.13. The third-order valence-electron chi connectivity index (χ3n) is 6.04. The molecule has 170 valence electrons. The summed E-state index contributed by atoms with van der Waals surface area (Å²) < 4.78 is 7.73. The molecule has 1 saturated heterocycles. The molecule has 0 amide bonds. The van der Waals surface area contributed by atoms with Gasteiger partial charge in [0, 0.05) is 44.4 Å². The molecular weight excluding hydrogens is 402 g/mol. The van der Waals surface area contributed by atoms with Gasteiger partial charge in [-0.3, -0.25) is 15.1 Å². The Balaban J connectivity index is 0.00000306. The number of morpholine rings is 1. The van der Waals surface area contributed by atoms with Crippen LogP contribution in [-0.2, 0) is 11.8 Å². The van der Waals surface area contributed by atoms with E-state index < -0.39 is 0 Å². The zero-order valence-electron chi connectivity index (χ0n) is 19.4. The molecule has 1 fully saturated rings. The minimum Gasteiger partial charge on any atom is -0.398 e. The summed E-state index contributed by atoms with van der Waals surface area (Å²) in [6, 6.07) is 7.62. The van der Waals surface area contributed by atoms with Crippen molar-refractivity contribution >= 4 is 17.2 Å². The third kappa shape index (κ3) is 4.23. The van der Waals surface area contributed by atoms with E-state index in [-0.39, 0.29) is 13.6 Å². The second-order valence-electron chi connectivity index (χ2n) is 8.50. The number of aromatic nitrogens is 4. The Hall–Kier alpha value is -3.26. The lowest BCUT2D eigenvalue weighted by atomic mass is 10.0. The van der Waals surface area contributed by atoms with Crippen molar-refractivity contribution in [3.8, 4) is 11.3 Å². The normalized spacial score (nSPS) is 18.7. The number of nitrogens with two attached hydrogens (primary N) is 1. The van der Waals surface area contributed by atoms with Gasteiger partial charge in [-0.2, -0.15) is 5.10 Å². The number of rotatable bonds is 5. The van der Waals surface area contributed by atoms with Crippen molar-refractivity contribution in [2.45, 2.75) is 46.3 Å². The van der Waals surface area contributed by atoms with Crippen LogP contribution in [0.1, 0.15) is 44.3 Å². The van der Waals surface area contributed by atoms with Crippen molar-refractivity contribution in [2.75, 3.05) is 23.7 Å². The fourth-order valence-electron chi connectivity index (χ4n) is 4.05. The Morgan fingerprint density at radius 2 is 2.03 bits per heavy atom. The monoisotopic (exact) mass is 435 g/mol. The molecule has 0 saturated carbocycles. The zero-order valence-corrected chi connectivity index (χ0v) is 19.4. The molecular formula is C24H33N7O. The van der Waals surface area contributed by atoms with Crippen LogP contribution in [-0.4, -0.2) is 50.8 Å². The van der Waals surface area contributed by atoms with E-state index in [1.807, 2.05) is 45.2 Å². The van der Waals surface area contributed by atoms with Crippen molar-refractivity contribution in [1.82, 2.24) is 19.7 Å². The molecule has 3 heterocycles. The Labute approximate surface area is 190 Å². The maximum Gasteiger partial charge on any atom is 0.151 e. The number of hydrogen-bond donors (Lipinski definition) is 2. The van der Waals surface area contributed by atoms with E-state index in [9.17, 15) is 0 Å². The highest BCUT2D eigenvalue weighted by Crippen LogP contribution is 2.27. The Kier molecular flexibility index (Phi) is 5.97. The van der Waals surface area contributed by atoms with Gasteiger partial charge in [-0.25, -0.2) is 4.98 Å². The van der Waals surface area contributed by atoms with Gasteiger partial charge in [-0.05, 0) is 39.3 Å². The predicted octanol–water partition coefficient (Wildman–Crippen LogP) is 3.74. The fourth-order valence-corrected chi connectivity index (χ4v) is 4.05.